The van der Waals surface area contributed by atoms with Crippen LogP contribution >= 0.6 is 23.5 Å². The van der Waals surface area contributed by atoms with Gasteiger partial charge in [-0.05, 0) is 76.9 Å². The van der Waals surface area contributed by atoms with Gasteiger partial charge in [-0.3, -0.25) is 18.7 Å². The van der Waals surface area contributed by atoms with E-state index in [2.05, 4.69) is 98.5 Å². The van der Waals surface area contributed by atoms with Crippen LogP contribution in [0.5, 0.6) is 0 Å². The van der Waals surface area contributed by atoms with Crippen LogP contribution in [0.15, 0.2) is 78.2 Å². The fraction of sp³-hybridized carbons (Fsp3) is 0.458. The lowest BCUT2D eigenvalue weighted by Gasteiger charge is -2.39. The third-order valence-electron chi connectivity index (χ3n) is 13.2. The van der Waals surface area contributed by atoms with Crippen molar-refractivity contribution in [2.75, 3.05) is 77.4 Å². The van der Waals surface area contributed by atoms with Crippen molar-refractivity contribution >= 4 is 75.2 Å². The molecule has 1 saturated heterocycles. The predicted octanol–water partition coefficient (Wildman–Crippen LogP) is 4.38. The van der Waals surface area contributed by atoms with Crippen LogP contribution in [0, 0.1) is 0 Å². The van der Waals surface area contributed by atoms with Crippen molar-refractivity contribution in [1.29, 1.82) is 0 Å². The molecule has 25 nitrogen and oxygen atoms in total. The van der Waals surface area contributed by atoms with Gasteiger partial charge in [0.1, 0.15) is 38.7 Å². The molecule has 0 saturated carbocycles. The number of carbonyl (C=O) groups excluding carboxylic acids is 2. The van der Waals surface area contributed by atoms with Gasteiger partial charge in [0.2, 0.25) is 11.9 Å². The van der Waals surface area contributed by atoms with Crippen molar-refractivity contribution in [2.24, 2.45) is 0 Å². The Kier molecular flexibility index (Phi) is 18.1. The van der Waals surface area contributed by atoms with Crippen LogP contribution in [0.25, 0.3) is 16.7 Å². The van der Waals surface area contributed by atoms with Crippen molar-refractivity contribution in [3.05, 3.63) is 100 Å². The summed E-state index contributed by atoms with van der Waals surface area (Å²) in [4.78, 5) is 80.5. The highest BCUT2D eigenvalue weighted by molar-refractivity contribution is 7.66. The smallest absolute Gasteiger partial charge is 0.387 e. The number of hydrogen-bond donors (Lipinski definition) is 9. The largest absolute Gasteiger partial charge is 0.490 e. The molecular weight excluding hydrogens is 1050 g/mol. The van der Waals surface area contributed by atoms with Crippen LogP contribution in [0.3, 0.4) is 0 Å². The zero-order valence-electron chi connectivity index (χ0n) is 43.1. The van der Waals surface area contributed by atoms with Gasteiger partial charge in [-0.2, -0.15) is 8.62 Å². The second-order valence-electron chi connectivity index (χ2n) is 19.5. The number of nitrogen functional groups attached to an aromatic ring is 1. The van der Waals surface area contributed by atoms with Crippen molar-refractivity contribution in [3.8, 4) is 0 Å². The summed E-state index contributed by atoms with van der Waals surface area (Å²) in [6, 6.07) is 14.3. The molecule has 10 N–H and O–H groups in total. The first-order valence-corrected chi connectivity index (χ1v) is 28.9. The number of fused-ring (bicyclic) bond motifs is 3. The Hall–Kier alpha value is -5.49. The molecule has 2 aromatic carbocycles. The zero-order chi connectivity index (χ0) is 55.5. The summed E-state index contributed by atoms with van der Waals surface area (Å²) in [7, 11) is -7.13. The molecule has 6 atom stereocenters. The molecule has 4 aromatic rings. The average Bonchev–Trinajstić information content (AvgIpc) is 3.85. The summed E-state index contributed by atoms with van der Waals surface area (Å²) in [5.74, 6) is -0.161. The second kappa shape index (κ2) is 23.6. The maximum Gasteiger partial charge on any atom is 0.490 e. The number of allylic oxidation sites excluding steroid dienone is 5. The second-order valence-corrected chi connectivity index (χ2v) is 23.9. The summed E-state index contributed by atoms with van der Waals surface area (Å²) < 4.78 is 56.2. The van der Waals surface area contributed by atoms with Crippen molar-refractivity contribution < 1.29 is 75.5 Å². The third kappa shape index (κ3) is 13.4. The molecule has 28 heteroatoms. The first-order chi connectivity index (χ1) is 35.7. The Bertz CT molecular complexity index is 3130. The number of imidazole rings is 1. The lowest BCUT2D eigenvalue weighted by molar-refractivity contribution is -0.462. The van der Waals surface area contributed by atoms with Gasteiger partial charge in [-0.1, -0.05) is 51.0 Å². The van der Waals surface area contributed by atoms with Gasteiger partial charge in [0, 0.05) is 76.0 Å². The normalized spacial score (nSPS) is 20.6. The molecule has 1 fully saturated rings. The average molecular weight is 1120 g/mol. The number of nitrogens with one attached hydrogen (secondary N) is 2. The van der Waals surface area contributed by atoms with Crippen molar-refractivity contribution in [1.82, 2.24) is 29.7 Å². The number of aromatic nitrogens is 4. The Balaban J connectivity index is 0.885. The summed E-state index contributed by atoms with van der Waals surface area (Å²) in [6.07, 6.45) is 4.68. The minimum atomic E-state index is -5.81. The number of nitrogens with two attached hydrogens (primary N) is 1. The van der Waals surface area contributed by atoms with Gasteiger partial charge in [0.05, 0.1) is 6.61 Å². The first-order valence-electron chi connectivity index (χ1n) is 24.3. The molecule has 7 rings (SSSR count). The van der Waals surface area contributed by atoms with E-state index < -0.39 is 54.6 Å². The molecule has 2 amide bonds. The van der Waals surface area contributed by atoms with E-state index in [9.17, 15) is 43.3 Å². The van der Waals surface area contributed by atoms with Crippen molar-refractivity contribution in [3.63, 3.8) is 0 Å². The fourth-order valence-electron chi connectivity index (χ4n) is 9.31. The van der Waals surface area contributed by atoms with E-state index in [1.54, 1.807) is 11.9 Å². The number of benzene rings is 2. The number of carbonyl (C=O) groups is 2. The number of hydrogen-bond acceptors (Lipinski definition) is 17. The van der Waals surface area contributed by atoms with Gasteiger partial charge in [0.15, 0.2) is 28.9 Å². The number of phosphoric acid groups is 3. The molecule has 3 aliphatic rings. The highest BCUT2D eigenvalue weighted by Gasteiger charge is 2.48. The molecule has 412 valence electrons. The number of phosphoric ester groups is 1. The summed E-state index contributed by atoms with van der Waals surface area (Å²) in [5.41, 5.74) is 15.1. The van der Waals surface area contributed by atoms with E-state index in [-0.39, 0.29) is 46.6 Å². The standard InChI is InChI=1S/C48H65N10O15P3/c1-48(2)35-25-29(55(3)4)18-20-33(35)39(34-21-19-30(56(5)6)26-36(34)48)31-15-10-11-16-32(31)45(62)57(7)24-14-17-38(59)50-22-12-8-9-13-23-51-47-54-40-43(49)52-28-53-44(40)58(47)46-42(61)41(60)37(71-46)27-70-75(66,67)73-76(68,69)72-74(63,64)65/h10-11,15-16,18-21,25-26,28,37,41-42,46,49,60-61H,8-9,12-14,17,22-24,27H2,1-7H3,(H6,50,59,62,63,64,65,66,67,68,69)/p+1/t37-,41-,42-,46-/m1/s1. The molecule has 3 heterocycles. The number of unbranched alkanes of at least 4 members (excludes halogenated alkanes) is 3. The molecule has 2 aliphatic carbocycles. The molecule has 0 spiro atoms. The Morgan fingerprint density at radius 1 is 0.895 bits per heavy atom. The lowest BCUT2D eigenvalue weighted by Crippen LogP contribution is -2.33. The van der Waals surface area contributed by atoms with E-state index in [1.807, 2.05) is 52.5 Å². The van der Waals surface area contributed by atoms with E-state index in [1.165, 1.54) is 15.7 Å². The number of aliphatic hydroxyl groups excluding tert-OH is 2. The maximum atomic E-state index is 14.3. The van der Waals surface area contributed by atoms with Crippen molar-refractivity contribution in [2.45, 2.75) is 82.3 Å². The van der Waals surface area contributed by atoms with Crippen LogP contribution in [0.4, 0.5) is 17.5 Å². The van der Waals surface area contributed by atoms with E-state index in [0.29, 0.717) is 44.5 Å². The van der Waals surface area contributed by atoms with Crippen LogP contribution in [-0.2, 0) is 41.8 Å². The number of nitrogens with zero attached hydrogens (tertiary/aromatic N) is 7. The van der Waals surface area contributed by atoms with Gasteiger partial charge < -0.3 is 60.7 Å². The summed E-state index contributed by atoms with van der Waals surface area (Å²) in [5, 5.41) is 27.9. The molecule has 0 radical (unpaired) electrons. The summed E-state index contributed by atoms with van der Waals surface area (Å²) >= 11 is 0. The quantitative estimate of drug-likeness (QED) is 0.0283. The minimum absolute atomic E-state index is 0.0117. The summed E-state index contributed by atoms with van der Waals surface area (Å²) in [6.45, 7) is 4.66. The minimum Gasteiger partial charge on any atom is -0.387 e. The van der Waals surface area contributed by atoms with Gasteiger partial charge in [0.25, 0.3) is 5.91 Å². The molecule has 2 unspecified atom stereocenters. The molecular formula is C48H66N10O15P3+. The Labute approximate surface area is 439 Å². The molecule has 1 aliphatic heterocycles. The van der Waals surface area contributed by atoms with Gasteiger partial charge in [-0.15, -0.1) is 0 Å². The molecule has 76 heavy (non-hydrogen) atoms. The predicted molar refractivity (Wildman–Crippen MR) is 282 cm³/mol. The van der Waals surface area contributed by atoms with E-state index >= 15 is 0 Å². The van der Waals surface area contributed by atoms with Crippen LogP contribution < -0.4 is 21.3 Å². The topological polar surface area (TPSA) is 347 Å². The number of rotatable bonds is 23. The monoisotopic (exact) mass is 1120 g/mol. The van der Waals surface area contributed by atoms with Crippen LogP contribution in [-0.4, -0.2) is 156 Å². The van der Waals surface area contributed by atoms with Gasteiger partial charge in [-0.25, -0.2) is 33.2 Å². The van der Waals surface area contributed by atoms with Crippen LogP contribution in [0.1, 0.15) is 85.6 Å². The highest BCUT2D eigenvalue weighted by atomic mass is 31.3. The number of ether oxygens (including phenoxy) is 1. The Morgan fingerprint density at radius 2 is 1.61 bits per heavy atom. The SMILES string of the molecule is CN(CCCC(=O)NCCCCCCNc1nc2c(N)ncnc2n1[C@@H]1O[C@H](COP(=O)(O)OP(=O)(O)OP(=O)(O)O)[C@@H](O)[C@H]1O)C(=O)c1ccccc1C1=C2C=CC(=[N+](C)C)C=C2C(C)(C)c2cc(N(C)C)ccc21. The van der Waals surface area contributed by atoms with E-state index in [0.717, 1.165) is 52.8 Å². The number of aliphatic hydroxyl groups is 2. The van der Waals surface area contributed by atoms with Gasteiger partial charge >= 0.3 is 23.5 Å². The number of amides is 2. The third-order valence-corrected chi connectivity index (χ3v) is 17.0. The van der Waals surface area contributed by atoms with Crippen LogP contribution in [0.2, 0.25) is 0 Å². The molecule has 0 bridgehead atoms. The van der Waals surface area contributed by atoms with E-state index in [4.69, 9.17) is 20.3 Å². The zero-order valence-corrected chi connectivity index (χ0v) is 45.8. The Morgan fingerprint density at radius 3 is 2.30 bits per heavy atom. The fourth-order valence-corrected chi connectivity index (χ4v) is 12.3. The highest BCUT2D eigenvalue weighted by Crippen LogP contribution is 2.66. The molecule has 2 aromatic heterocycles. The first kappa shape index (κ1) is 58.2. The number of anilines is 3. The maximum absolute atomic E-state index is 14.3. The lowest BCUT2D eigenvalue weighted by atomic mass is 9.64.